The fourth-order valence-corrected chi connectivity index (χ4v) is 3.30. The van der Waals surface area contributed by atoms with Crippen LogP contribution in [0, 0.1) is 10.1 Å². The molecule has 33 heavy (non-hydrogen) atoms. The van der Waals surface area contributed by atoms with Crippen LogP contribution in [0.5, 0.6) is 11.5 Å². The number of rotatable bonds is 11. The van der Waals surface area contributed by atoms with Crippen LogP contribution in [0.25, 0.3) is 0 Å². The minimum atomic E-state index is -0.958. The van der Waals surface area contributed by atoms with Gasteiger partial charge in [0.05, 0.1) is 17.1 Å². The van der Waals surface area contributed by atoms with E-state index >= 15 is 0 Å². The van der Waals surface area contributed by atoms with E-state index in [4.69, 9.17) is 26.2 Å². The highest BCUT2D eigenvalue weighted by molar-refractivity contribution is 6.31. The zero-order valence-corrected chi connectivity index (χ0v) is 18.7. The number of nitro groups is 1. The Kier molecular flexibility index (Phi) is 8.23. The van der Waals surface area contributed by atoms with Gasteiger partial charge in [0.1, 0.15) is 6.61 Å². The number of carbonyl (C=O) groups is 1. The lowest BCUT2D eigenvalue weighted by molar-refractivity contribution is -0.384. The number of halogens is 1. The van der Waals surface area contributed by atoms with Crippen molar-refractivity contribution in [2.75, 3.05) is 6.61 Å². The second kappa shape index (κ2) is 11.3. The van der Waals surface area contributed by atoms with E-state index in [9.17, 15) is 14.9 Å². The molecule has 0 bridgehead atoms. The molecule has 0 radical (unpaired) electrons. The summed E-state index contributed by atoms with van der Waals surface area (Å²) in [6, 6.07) is 16.3. The summed E-state index contributed by atoms with van der Waals surface area (Å²) in [5.41, 5.74) is 2.81. The average molecular weight is 471 g/mol. The standard InChI is InChI=1S/C24H23ClN2O6/c1-2-32-22-11-19(14-26-13-16-3-7-18(8-4-16)24(28)29)21(25)12-23(22)33-15-17-5-9-20(10-6-17)27(30)31/h3-12,26H,2,13-15H2,1H3,(H,28,29). The Balaban J connectivity index is 1.64. The van der Waals surface area contributed by atoms with Crippen LogP contribution in [0.2, 0.25) is 5.02 Å². The van der Waals surface area contributed by atoms with E-state index in [1.807, 2.05) is 13.0 Å². The molecule has 0 aromatic heterocycles. The fourth-order valence-electron chi connectivity index (χ4n) is 3.08. The van der Waals surface area contributed by atoms with Crippen LogP contribution >= 0.6 is 11.6 Å². The molecule has 0 spiro atoms. The molecule has 8 nitrogen and oxygen atoms in total. The quantitative estimate of drug-likeness (QED) is 0.292. The number of benzene rings is 3. The van der Waals surface area contributed by atoms with E-state index in [0.717, 1.165) is 16.7 Å². The van der Waals surface area contributed by atoms with Gasteiger partial charge >= 0.3 is 5.97 Å². The molecule has 3 aromatic carbocycles. The molecule has 0 aliphatic heterocycles. The Morgan fingerprint density at radius 1 is 1.00 bits per heavy atom. The van der Waals surface area contributed by atoms with Crippen LogP contribution in [-0.4, -0.2) is 22.6 Å². The van der Waals surface area contributed by atoms with Gasteiger partial charge in [0, 0.05) is 36.3 Å². The predicted molar refractivity (Wildman–Crippen MR) is 124 cm³/mol. The number of nitrogens with one attached hydrogen (secondary N) is 1. The first-order valence-electron chi connectivity index (χ1n) is 10.2. The van der Waals surface area contributed by atoms with Crippen LogP contribution in [0.4, 0.5) is 5.69 Å². The smallest absolute Gasteiger partial charge is 0.335 e. The van der Waals surface area contributed by atoms with Crippen LogP contribution in [-0.2, 0) is 19.7 Å². The van der Waals surface area contributed by atoms with E-state index in [1.54, 1.807) is 42.5 Å². The zero-order chi connectivity index (χ0) is 23.8. The first kappa shape index (κ1) is 24.0. The number of carboxylic acids is 1. The minimum Gasteiger partial charge on any atom is -0.490 e. The van der Waals surface area contributed by atoms with E-state index < -0.39 is 10.9 Å². The molecule has 0 saturated carbocycles. The molecule has 0 unspecified atom stereocenters. The van der Waals surface area contributed by atoms with E-state index in [1.165, 1.54) is 12.1 Å². The molecule has 3 rings (SSSR count). The van der Waals surface area contributed by atoms with E-state index in [-0.39, 0.29) is 17.9 Å². The van der Waals surface area contributed by atoms with Crippen molar-refractivity contribution in [1.29, 1.82) is 0 Å². The summed E-state index contributed by atoms with van der Waals surface area (Å²) in [5.74, 6) is 0.0697. The maximum Gasteiger partial charge on any atom is 0.335 e. The molecule has 9 heteroatoms. The Bertz CT molecular complexity index is 1120. The van der Waals surface area contributed by atoms with Crippen molar-refractivity contribution in [1.82, 2.24) is 5.32 Å². The molecule has 3 aromatic rings. The van der Waals surface area contributed by atoms with Crippen molar-refractivity contribution in [2.45, 2.75) is 26.6 Å². The maximum absolute atomic E-state index is 10.9. The van der Waals surface area contributed by atoms with Gasteiger partial charge in [0.15, 0.2) is 11.5 Å². The van der Waals surface area contributed by atoms with Gasteiger partial charge in [-0.3, -0.25) is 10.1 Å². The third-order valence-electron chi connectivity index (χ3n) is 4.80. The zero-order valence-electron chi connectivity index (χ0n) is 17.9. The van der Waals surface area contributed by atoms with Gasteiger partial charge < -0.3 is 19.9 Å². The number of carboxylic acid groups (broad SMARTS) is 1. The minimum absolute atomic E-state index is 0.0199. The lowest BCUT2D eigenvalue weighted by Gasteiger charge is -2.15. The molecule has 0 heterocycles. The highest BCUT2D eigenvalue weighted by Gasteiger charge is 2.12. The van der Waals surface area contributed by atoms with Crippen molar-refractivity contribution in [3.8, 4) is 11.5 Å². The van der Waals surface area contributed by atoms with Crippen molar-refractivity contribution >= 4 is 23.3 Å². The molecular weight excluding hydrogens is 448 g/mol. The number of hydrogen-bond acceptors (Lipinski definition) is 6. The lowest BCUT2D eigenvalue weighted by atomic mass is 10.1. The second-order valence-electron chi connectivity index (χ2n) is 7.14. The van der Waals surface area contributed by atoms with Gasteiger partial charge in [-0.05, 0) is 53.9 Å². The molecular formula is C24H23ClN2O6. The number of nitro benzene ring substituents is 1. The molecule has 0 amide bonds. The van der Waals surface area contributed by atoms with Gasteiger partial charge in [-0.15, -0.1) is 0 Å². The van der Waals surface area contributed by atoms with Crippen LogP contribution in [0.3, 0.4) is 0 Å². The van der Waals surface area contributed by atoms with Crippen LogP contribution in [0.1, 0.15) is 34.0 Å². The number of hydrogen-bond donors (Lipinski definition) is 2. The third kappa shape index (κ3) is 6.68. The first-order valence-corrected chi connectivity index (χ1v) is 10.6. The van der Waals surface area contributed by atoms with Gasteiger partial charge in [-0.25, -0.2) is 4.79 Å². The summed E-state index contributed by atoms with van der Waals surface area (Å²) >= 11 is 6.46. The van der Waals surface area contributed by atoms with Crippen molar-refractivity contribution in [3.05, 3.63) is 98.1 Å². The summed E-state index contributed by atoms with van der Waals surface area (Å²) < 4.78 is 11.6. The van der Waals surface area contributed by atoms with Crippen molar-refractivity contribution < 1.29 is 24.3 Å². The summed E-state index contributed by atoms with van der Waals surface area (Å²) in [4.78, 5) is 21.3. The van der Waals surface area contributed by atoms with E-state index in [2.05, 4.69) is 5.32 Å². The molecule has 0 aliphatic carbocycles. The molecule has 2 N–H and O–H groups in total. The highest BCUT2D eigenvalue weighted by atomic mass is 35.5. The monoisotopic (exact) mass is 470 g/mol. The fraction of sp³-hybridized carbons (Fsp3) is 0.208. The molecule has 0 aliphatic rings. The Hall–Kier alpha value is -3.62. The topological polar surface area (TPSA) is 111 Å². The number of aromatic carboxylic acids is 1. The van der Waals surface area contributed by atoms with E-state index in [0.29, 0.717) is 36.2 Å². The Labute approximate surface area is 195 Å². The normalized spacial score (nSPS) is 10.6. The summed E-state index contributed by atoms with van der Waals surface area (Å²) in [5, 5.41) is 23.6. The Morgan fingerprint density at radius 3 is 2.24 bits per heavy atom. The molecule has 0 saturated heterocycles. The van der Waals surface area contributed by atoms with Crippen molar-refractivity contribution in [3.63, 3.8) is 0 Å². The van der Waals surface area contributed by atoms with Gasteiger partial charge in [0.2, 0.25) is 0 Å². The molecule has 172 valence electrons. The van der Waals surface area contributed by atoms with Crippen molar-refractivity contribution in [2.24, 2.45) is 0 Å². The summed E-state index contributed by atoms with van der Waals surface area (Å²) in [6.45, 7) is 3.53. The van der Waals surface area contributed by atoms with Gasteiger partial charge in [-0.1, -0.05) is 23.7 Å². The number of nitrogens with zero attached hydrogens (tertiary/aromatic N) is 1. The lowest BCUT2D eigenvalue weighted by Crippen LogP contribution is -2.13. The van der Waals surface area contributed by atoms with Crippen LogP contribution in [0.15, 0.2) is 60.7 Å². The first-order chi connectivity index (χ1) is 15.9. The maximum atomic E-state index is 10.9. The Morgan fingerprint density at radius 2 is 1.64 bits per heavy atom. The highest BCUT2D eigenvalue weighted by Crippen LogP contribution is 2.34. The summed E-state index contributed by atoms with van der Waals surface area (Å²) in [6.07, 6.45) is 0. The largest absolute Gasteiger partial charge is 0.490 e. The van der Waals surface area contributed by atoms with Gasteiger partial charge in [0.25, 0.3) is 5.69 Å². The molecule has 0 fully saturated rings. The molecule has 0 atom stereocenters. The SMILES string of the molecule is CCOc1cc(CNCc2ccc(C(=O)O)cc2)c(Cl)cc1OCc1ccc([N+](=O)[O-])cc1. The second-order valence-corrected chi connectivity index (χ2v) is 7.55. The average Bonchev–Trinajstić information content (AvgIpc) is 2.80. The van der Waals surface area contributed by atoms with Gasteiger partial charge in [-0.2, -0.15) is 0 Å². The number of non-ortho nitro benzene ring substituents is 1. The van der Waals surface area contributed by atoms with Crippen LogP contribution < -0.4 is 14.8 Å². The predicted octanol–water partition coefficient (Wildman–Crippen LogP) is 5.21. The number of ether oxygens (including phenoxy) is 2. The summed E-state index contributed by atoms with van der Waals surface area (Å²) in [7, 11) is 0. The third-order valence-corrected chi connectivity index (χ3v) is 5.15.